The number of methoxy groups -OCH3 is 1. The van der Waals surface area contributed by atoms with Crippen molar-refractivity contribution in [1.29, 1.82) is 0 Å². The highest BCUT2D eigenvalue weighted by Crippen LogP contribution is 1.98. The molecule has 0 spiro atoms. The number of esters is 1. The van der Waals surface area contributed by atoms with Crippen LogP contribution in [0.25, 0.3) is 0 Å². The molecule has 1 aromatic rings. The summed E-state index contributed by atoms with van der Waals surface area (Å²) in [6.45, 7) is 2.39. The molecule has 1 heterocycles. The highest BCUT2D eigenvalue weighted by molar-refractivity contribution is 7.85. The first-order valence-electron chi connectivity index (χ1n) is 5.40. The summed E-state index contributed by atoms with van der Waals surface area (Å²) >= 11 is 0. The maximum atomic E-state index is 11.1. The Kier molecular flexibility index (Phi) is 4.85. The van der Waals surface area contributed by atoms with Crippen LogP contribution in [0, 0.1) is 6.92 Å². The van der Waals surface area contributed by atoms with Crippen LogP contribution in [0.5, 0.6) is 0 Å². The van der Waals surface area contributed by atoms with Gasteiger partial charge in [0.25, 0.3) is 15.9 Å². The van der Waals surface area contributed by atoms with E-state index in [1.165, 1.54) is 7.11 Å². The van der Waals surface area contributed by atoms with E-state index in [2.05, 4.69) is 4.74 Å². The number of carbonyl (C=O) groups excluding carboxylic acids is 1. The standard InChI is InChI=1S/C10H16N2O5S/c1-9-11(4-3-7-18(14,15)16)5-6-12(9)8-10(13)17-2/h5-6H,3-4,7-8H2,1-2H3/p+1. The van der Waals surface area contributed by atoms with E-state index in [1.54, 1.807) is 17.0 Å². The fraction of sp³-hybridized carbons (Fsp3) is 0.600. The van der Waals surface area contributed by atoms with E-state index in [4.69, 9.17) is 4.55 Å². The summed E-state index contributed by atoms with van der Waals surface area (Å²) in [7, 11) is -2.60. The minimum atomic E-state index is -3.92. The Morgan fingerprint density at radius 2 is 2.22 bits per heavy atom. The predicted octanol–water partition coefficient (Wildman–Crippen LogP) is -0.465. The van der Waals surface area contributed by atoms with Crippen molar-refractivity contribution in [2.75, 3.05) is 12.9 Å². The lowest BCUT2D eigenvalue weighted by molar-refractivity contribution is -0.691. The third kappa shape index (κ3) is 4.46. The molecule has 1 rings (SSSR count). The Morgan fingerprint density at radius 1 is 1.56 bits per heavy atom. The summed E-state index contributed by atoms with van der Waals surface area (Å²) in [5, 5.41) is 0. The van der Waals surface area contributed by atoms with Crippen molar-refractivity contribution in [1.82, 2.24) is 4.57 Å². The van der Waals surface area contributed by atoms with Gasteiger partial charge in [-0.25, -0.2) is 13.9 Å². The quantitative estimate of drug-likeness (QED) is 0.431. The molecule has 0 aromatic carbocycles. The molecule has 0 bridgehead atoms. The highest BCUT2D eigenvalue weighted by atomic mass is 32.2. The van der Waals surface area contributed by atoms with Gasteiger partial charge in [0, 0.05) is 13.3 Å². The SMILES string of the molecule is COC(=O)C[n+]1ccn(CCCS(=O)(=O)O)c1C. The van der Waals surface area contributed by atoms with Gasteiger partial charge in [0.15, 0.2) is 6.54 Å². The number of carbonyl (C=O) groups is 1. The number of hydrogen-bond acceptors (Lipinski definition) is 4. The van der Waals surface area contributed by atoms with Crippen LogP contribution in [0.2, 0.25) is 0 Å². The summed E-state index contributed by atoms with van der Waals surface area (Å²) in [6.07, 6.45) is 3.79. The maximum Gasteiger partial charge on any atom is 0.348 e. The zero-order valence-corrected chi connectivity index (χ0v) is 11.2. The summed E-state index contributed by atoms with van der Waals surface area (Å²) in [6, 6.07) is 0. The molecule has 0 radical (unpaired) electrons. The first-order valence-corrected chi connectivity index (χ1v) is 7.01. The first kappa shape index (κ1) is 14.7. The minimum Gasteiger partial charge on any atom is -0.466 e. The number of imidazole rings is 1. The molecule has 1 aromatic heterocycles. The number of hydrogen-bond donors (Lipinski definition) is 1. The van der Waals surface area contributed by atoms with Crippen molar-refractivity contribution in [2.45, 2.75) is 26.4 Å². The topological polar surface area (TPSA) is 89.5 Å². The molecule has 0 aliphatic heterocycles. The fourth-order valence-electron chi connectivity index (χ4n) is 1.57. The van der Waals surface area contributed by atoms with Crippen molar-refractivity contribution in [3.63, 3.8) is 0 Å². The van der Waals surface area contributed by atoms with Gasteiger partial charge in [0.1, 0.15) is 12.4 Å². The lowest BCUT2D eigenvalue weighted by Crippen LogP contribution is -2.40. The molecule has 0 amide bonds. The van der Waals surface area contributed by atoms with Crippen molar-refractivity contribution < 1.29 is 27.1 Å². The molecule has 1 N–H and O–H groups in total. The minimum absolute atomic E-state index is 0.119. The van der Waals surface area contributed by atoms with Crippen LogP contribution in [-0.4, -0.2) is 36.4 Å². The largest absolute Gasteiger partial charge is 0.466 e. The van der Waals surface area contributed by atoms with E-state index in [-0.39, 0.29) is 18.3 Å². The van der Waals surface area contributed by atoms with Crippen molar-refractivity contribution >= 4 is 16.1 Å². The number of rotatable bonds is 6. The smallest absolute Gasteiger partial charge is 0.348 e. The van der Waals surface area contributed by atoms with Gasteiger partial charge in [-0.2, -0.15) is 8.42 Å². The molecule has 0 saturated heterocycles. The number of nitrogens with zero attached hydrogens (tertiary/aromatic N) is 2. The van der Waals surface area contributed by atoms with Gasteiger partial charge >= 0.3 is 5.97 Å². The van der Waals surface area contributed by atoms with Crippen molar-refractivity contribution in [3.05, 3.63) is 18.2 Å². The van der Waals surface area contributed by atoms with Gasteiger partial charge in [0.05, 0.1) is 19.4 Å². The van der Waals surface area contributed by atoms with E-state index in [9.17, 15) is 13.2 Å². The molecule has 0 aliphatic carbocycles. The summed E-state index contributed by atoms with van der Waals surface area (Å²) in [4.78, 5) is 11.1. The van der Waals surface area contributed by atoms with Crippen LogP contribution in [-0.2, 0) is 32.7 Å². The van der Waals surface area contributed by atoms with Crippen LogP contribution in [0.15, 0.2) is 12.4 Å². The van der Waals surface area contributed by atoms with Gasteiger partial charge in [-0.1, -0.05) is 0 Å². The van der Waals surface area contributed by atoms with E-state index in [0.29, 0.717) is 13.0 Å². The van der Waals surface area contributed by atoms with Gasteiger partial charge in [-0.3, -0.25) is 4.55 Å². The van der Waals surface area contributed by atoms with Crippen LogP contribution < -0.4 is 4.57 Å². The second kappa shape index (κ2) is 5.96. The van der Waals surface area contributed by atoms with E-state index >= 15 is 0 Å². The van der Waals surface area contributed by atoms with Gasteiger partial charge in [-0.15, -0.1) is 0 Å². The van der Waals surface area contributed by atoms with Crippen LogP contribution in [0.4, 0.5) is 0 Å². The molecule has 8 heteroatoms. The molecule has 0 saturated carbocycles. The monoisotopic (exact) mass is 277 g/mol. The molecule has 0 unspecified atom stereocenters. The number of aryl methyl sites for hydroxylation is 1. The summed E-state index contributed by atoms with van der Waals surface area (Å²) in [5.41, 5.74) is 0. The Hall–Kier alpha value is -1.41. The van der Waals surface area contributed by atoms with E-state index in [0.717, 1.165) is 5.82 Å². The average Bonchev–Trinajstić information content (AvgIpc) is 2.60. The van der Waals surface area contributed by atoms with Gasteiger partial charge in [0.2, 0.25) is 0 Å². The Morgan fingerprint density at radius 3 is 2.78 bits per heavy atom. The van der Waals surface area contributed by atoms with E-state index in [1.807, 2.05) is 11.5 Å². The zero-order chi connectivity index (χ0) is 13.8. The normalized spacial score (nSPS) is 11.5. The van der Waals surface area contributed by atoms with Crippen LogP contribution in [0.1, 0.15) is 12.2 Å². The second-order valence-corrected chi connectivity index (χ2v) is 5.45. The van der Waals surface area contributed by atoms with Crippen molar-refractivity contribution in [3.8, 4) is 0 Å². The lowest BCUT2D eigenvalue weighted by atomic mass is 10.4. The van der Waals surface area contributed by atoms with Crippen molar-refractivity contribution in [2.24, 2.45) is 0 Å². The predicted molar refractivity (Wildman–Crippen MR) is 62.4 cm³/mol. The molecular formula is C10H17N2O5S+. The maximum absolute atomic E-state index is 11.1. The Labute approximate surface area is 106 Å². The number of ether oxygens (including phenoxy) is 1. The fourth-order valence-corrected chi connectivity index (χ4v) is 2.06. The lowest BCUT2D eigenvalue weighted by Gasteiger charge is -2.00. The highest BCUT2D eigenvalue weighted by Gasteiger charge is 2.16. The molecule has 18 heavy (non-hydrogen) atoms. The molecule has 7 nitrogen and oxygen atoms in total. The van der Waals surface area contributed by atoms with Gasteiger partial charge < -0.3 is 4.74 Å². The molecule has 0 aliphatic rings. The third-order valence-corrected chi connectivity index (χ3v) is 3.39. The summed E-state index contributed by atoms with van der Waals surface area (Å²) < 4.78 is 37.9. The Balaban J connectivity index is 2.61. The van der Waals surface area contributed by atoms with Gasteiger partial charge in [-0.05, 0) is 0 Å². The molecule has 0 fully saturated rings. The Bertz CT molecular complexity index is 520. The van der Waals surface area contributed by atoms with Crippen LogP contribution >= 0.6 is 0 Å². The summed E-state index contributed by atoms with van der Waals surface area (Å²) in [5.74, 6) is 0.191. The first-order chi connectivity index (χ1) is 8.33. The van der Waals surface area contributed by atoms with E-state index < -0.39 is 10.1 Å². The second-order valence-electron chi connectivity index (χ2n) is 3.88. The zero-order valence-electron chi connectivity index (χ0n) is 10.4. The average molecular weight is 277 g/mol. The molecule has 0 atom stereocenters. The molecular weight excluding hydrogens is 260 g/mol. The van der Waals surface area contributed by atoms with Crippen LogP contribution in [0.3, 0.4) is 0 Å². The third-order valence-electron chi connectivity index (χ3n) is 2.59. The molecule has 102 valence electrons. The number of aromatic nitrogens is 2.